The molecular weight excluding hydrogens is 345 g/mol. The Morgan fingerprint density at radius 1 is 1.04 bits per heavy atom. The highest BCUT2D eigenvalue weighted by Crippen LogP contribution is 2.31. The first-order valence-electron chi connectivity index (χ1n) is 7.27. The molecule has 0 atom stereocenters. The lowest BCUT2D eigenvalue weighted by molar-refractivity contribution is 0.112. The second-order valence-electron chi connectivity index (χ2n) is 5.44. The number of carbonyl (C=O) groups is 1. The summed E-state index contributed by atoms with van der Waals surface area (Å²) >= 11 is 12.2. The van der Waals surface area contributed by atoms with Crippen molar-refractivity contribution in [2.75, 3.05) is 11.9 Å². The van der Waals surface area contributed by atoms with Crippen LogP contribution in [0.3, 0.4) is 0 Å². The highest BCUT2D eigenvalue weighted by atomic mass is 35.5. The van der Waals surface area contributed by atoms with Gasteiger partial charge in [0.2, 0.25) is 0 Å². The van der Waals surface area contributed by atoms with Crippen molar-refractivity contribution < 1.29 is 4.79 Å². The number of aromatic nitrogens is 2. The van der Waals surface area contributed by atoms with E-state index in [9.17, 15) is 4.79 Å². The average molecular weight is 360 g/mol. The molecule has 3 rings (SSSR count). The van der Waals surface area contributed by atoms with Crippen molar-refractivity contribution in [3.63, 3.8) is 0 Å². The Hall–Kier alpha value is -2.30. The van der Waals surface area contributed by atoms with Crippen LogP contribution in [-0.2, 0) is 7.05 Å². The fourth-order valence-corrected chi connectivity index (χ4v) is 3.05. The molecule has 0 aliphatic carbocycles. The van der Waals surface area contributed by atoms with Crippen LogP contribution in [0.25, 0.3) is 11.3 Å². The molecule has 1 aromatic heterocycles. The summed E-state index contributed by atoms with van der Waals surface area (Å²) in [5, 5.41) is 5.69. The number of hydrogen-bond donors (Lipinski definition) is 0. The van der Waals surface area contributed by atoms with E-state index in [4.69, 9.17) is 23.2 Å². The summed E-state index contributed by atoms with van der Waals surface area (Å²) in [4.78, 5) is 12.8. The van der Waals surface area contributed by atoms with Crippen molar-refractivity contribution in [3.8, 4) is 11.3 Å². The van der Waals surface area contributed by atoms with Gasteiger partial charge in [-0.2, -0.15) is 5.10 Å². The molecule has 0 N–H and O–H groups in total. The lowest BCUT2D eigenvalue weighted by Crippen LogP contribution is -2.13. The van der Waals surface area contributed by atoms with Gasteiger partial charge in [0.05, 0.1) is 5.69 Å². The van der Waals surface area contributed by atoms with E-state index in [1.54, 1.807) is 22.9 Å². The van der Waals surface area contributed by atoms with Gasteiger partial charge in [0.25, 0.3) is 0 Å². The van der Waals surface area contributed by atoms with Crippen LogP contribution < -0.4 is 4.90 Å². The predicted octanol–water partition coefficient (Wildman–Crippen LogP) is 4.97. The number of anilines is 2. The number of halogens is 2. The third kappa shape index (κ3) is 3.30. The normalized spacial score (nSPS) is 10.7. The molecule has 0 radical (unpaired) electrons. The summed E-state index contributed by atoms with van der Waals surface area (Å²) < 4.78 is 1.79. The summed E-state index contributed by atoms with van der Waals surface area (Å²) in [6, 6.07) is 14.7. The second kappa shape index (κ2) is 6.67. The van der Waals surface area contributed by atoms with E-state index in [1.807, 2.05) is 49.3 Å². The molecule has 0 spiro atoms. The van der Waals surface area contributed by atoms with E-state index in [1.165, 1.54) is 0 Å². The van der Waals surface area contributed by atoms with Gasteiger partial charge in [0.15, 0.2) is 0 Å². The molecule has 3 aromatic rings. The highest BCUT2D eigenvalue weighted by Gasteiger charge is 2.13. The minimum absolute atomic E-state index is 0.572. The van der Waals surface area contributed by atoms with Gasteiger partial charge < -0.3 is 4.90 Å². The van der Waals surface area contributed by atoms with E-state index in [0.29, 0.717) is 15.6 Å². The summed E-state index contributed by atoms with van der Waals surface area (Å²) in [5.41, 5.74) is 3.25. The van der Waals surface area contributed by atoms with Gasteiger partial charge in [0.1, 0.15) is 12.1 Å². The quantitative estimate of drug-likeness (QED) is 0.617. The molecule has 0 saturated heterocycles. The second-order valence-corrected chi connectivity index (χ2v) is 6.31. The van der Waals surface area contributed by atoms with Crippen LogP contribution >= 0.6 is 23.2 Å². The maximum atomic E-state index is 10.8. The molecule has 0 fully saturated rings. The summed E-state index contributed by atoms with van der Waals surface area (Å²) in [6.07, 6.45) is 0.828. The topological polar surface area (TPSA) is 38.1 Å². The van der Waals surface area contributed by atoms with E-state index in [0.717, 1.165) is 29.0 Å². The largest absolute Gasteiger partial charge is 0.330 e. The summed E-state index contributed by atoms with van der Waals surface area (Å²) in [7, 11) is 3.82. The molecule has 0 amide bonds. The van der Waals surface area contributed by atoms with Gasteiger partial charge in [-0.1, -0.05) is 23.2 Å². The van der Waals surface area contributed by atoms with E-state index >= 15 is 0 Å². The van der Waals surface area contributed by atoms with Crippen LogP contribution in [0.4, 0.5) is 11.5 Å². The molecule has 4 nitrogen and oxygen atoms in total. The third-order valence-electron chi connectivity index (χ3n) is 3.77. The fraction of sp³-hybridized carbons (Fsp3) is 0.111. The van der Waals surface area contributed by atoms with Gasteiger partial charge in [0, 0.05) is 47.0 Å². The molecule has 0 saturated carbocycles. The van der Waals surface area contributed by atoms with Crippen molar-refractivity contribution in [2.45, 2.75) is 0 Å². The molecular formula is C18H15Cl2N3O. The first kappa shape index (κ1) is 16.6. The van der Waals surface area contributed by atoms with E-state index in [2.05, 4.69) is 5.10 Å². The standard InChI is InChI=1S/C18H15Cl2N3O/c1-22(16-5-3-12(11-24)4-6-16)18-10-17(21-23(18)2)13-7-14(19)9-15(20)8-13/h3-11H,1-2H3. The van der Waals surface area contributed by atoms with Gasteiger partial charge in [-0.3, -0.25) is 9.48 Å². The zero-order valence-corrected chi connectivity index (χ0v) is 14.7. The average Bonchev–Trinajstić information content (AvgIpc) is 2.95. The number of hydrogen-bond acceptors (Lipinski definition) is 3. The molecule has 122 valence electrons. The number of benzene rings is 2. The first-order valence-corrected chi connectivity index (χ1v) is 8.03. The number of nitrogens with zero attached hydrogens (tertiary/aromatic N) is 3. The van der Waals surface area contributed by atoms with Crippen LogP contribution in [0.15, 0.2) is 48.5 Å². The minimum atomic E-state index is 0.572. The maximum Gasteiger partial charge on any atom is 0.150 e. The number of aryl methyl sites for hydroxylation is 1. The highest BCUT2D eigenvalue weighted by molar-refractivity contribution is 6.35. The lowest BCUT2D eigenvalue weighted by Gasteiger charge is -2.18. The SMILES string of the molecule is CN(c1ccc(C=O)cc1)c1cc(-c2cc(Cl)cc(Cl)c2)nn1C. The van der Waals surface area contributed by atoms with Crippen molar-refractivity contribution in [1.29, 1.82) is 0 Å². The molecule has 24 heavy (non-hydrogen) atoms. The molecule has 6 heteroatoms. The monoisotopic (exact) mass is 359 g/mol. The van der Waals surface area contributed by atoms with Gasteiger partial charge >= 0.3 is 0 Å². The van der Waals surface area contributed by atoms with Crippen molar-refractivity contribution in [2.24, 2.45) is 7.05 Å². The zero-order valence-electron chi connectivity index (χ0n) is 13.2. The number of rotatable bonds is 4. The summed E-state index contributed by atoms with van der Waals surface area (Å²) in [5.74, 6) is 0.903. The maximum absolute atomic E-state index is 10.8. The third-order valence-corrected chi connectivity index (χ3v) is 4.21. The Balaban J connectivity index is 1.96. The van der Waals surface area contributed by atoms with Crippen LogP contribution in [0.1, 0.15) is 10.4 Å². The van der Waals surface area contributed by atoms with Gasteiger partial charge in [-0.15, -0.1) is 0 Å². The predicted molar refractivity (Wildman–Crippen MR) is 98.6 cm³/mol. The number of carbonyl (C=O) groups excluding carboxylic acids is 1. The first-order chi connectivity index (χ1) is 11.5. The molecule has 0 aliphatic heterocycles. The molecule has 0 unspecified atom stereocenters. The van der Waals surface area contributed by atoms with Crippen LogP contribution in [0.2, 0.25) is 10.0 Å². The van der Waals surface area contributed by atoms with Crippen LogP contribution in [-0.4, -0.2) is 23.1 Å². The molecule has 1 heterocycles. The van der Waals surface area contributed by atoms with Crippen molar-refractivity contribution >= 4 is 41.0 Å². The molecule has 2 aromatic carbocycles. The molecule has 0 aliphatic rings. The van der Waals surface area contributed by atoms with Crippen LogP contribution in [0.5, 0.6) is 0 Å². The zero-order chi connectivity index (χ0) is 17.3. The van der Waals surface area contributed by atoms with E-state index < -0.39 is 0 Å². The number of aldehydes is 1. The van der Waals surface area contributed by atoms with Gasteiger partial charge in [-0.25, -0.2) is 0 Å². The Kier molecular flexibility index (Phi) is 4.60. The minimum Gasteiger partial charge on any atom is -0.330 e. The smallest absolute Gasteiger partial charge is 0.150 e. The molecule has 0 bridgehead atoms. The van der Waals surface area contributed by atoms with Crippen molar-refractivity contribution in [3.05, 3.63) is 64.1 Å². The fourth-order valence-electron chi connectivity index (χ4n) is 2.52. The Labute approximate surface area is 150 Å². The summed E-state index contributed by atoms with van der Waals surface area (Å²) in [6.45, 7) is 0. The van der Waals surface area contributed by atoms with E-state index in [-0.39, 0.29) is 0 Å². The van der Waals surface area contributed by atoms with Gasteiger partial charge in [-0.05, 0) is 42.5 Å². The lowest BCUT2D eigenvalue weighted by atomic mass is 10.1. The van der Waals surface area contributed by atoms with Crippen LogP contribution in [0, 0.1) is 0 Å². The Morgan fingerprint density at radius 3 is 2.25 bits per heavy atom. The Bertz CT molecular complexity index is 868. The Morgan fingerprint density at radius 2 is 1.67 bits per heavy atom. The van der Waals surface area contributed by atoms with Crippen molar-refractivity contribution in [1.82, 2.24) is 9.78 Å².